The van der Waals surface area contributed by atoms with E-state index in [4.69, 9.17) is 4.74 Å². The van der Waals surface area contributed by atoms with E-state index < -0.39 is 0 Å². The van der Waals surface area contributed by atoms with Crippen LogP contribution in [0.5, 0.6) is 0 Å². The number of thiophene rings is 1. The van der Waals surface area contributed by atoms with E-state index in [9.17, 15) is 4.79 Å². The van der Waals surface area contributed by atoms with E-state index >= 15 is 0 Å². The second kappa shape index (κ2) is 8.11. The predicted octanol–water partition coefficient (Wildman–Crippen LogP) is 4.26. The number of amides is 1. The number of rotatable bonds is 7. The average Bonchev–Trinajstić information content (AvgIpc) is 2.87. The number of benzene rings is 1. The summed E-state index contributed by atoms with van der Waals surface area (Å²) >= 11 is 1.55. The minimum absolute atomic E-state index is 0.0114. The molecule has 0 saturated carbocycles. The lowest BCUT2D eigenvalue weighted by Crippen LogP contribution is -2.24. The van der Waals surface area contributed by atoms with E-state index in [0.717, 1.165) is 11.3 Å². The summed E-state index contributed by atoms with van der Waals surface area (Å²) in [4.78, 5) is 14.0. The lowest BCUT2D eigenvalue weighted by molar-refractivity contribution is 0.0635. The summed E-state index contributed by atoms with van der Waals surface area (Å²) in [6.45, 7) is 7.39. The Hall–Kier alpha value is -1.65. The van der Waals surface area contributed by atoms with Gasteiger partial charge < -0.3 is 10.1 Å². The molecule has 1 aromatic heterocycles. The van der Waals surface area contributed by atoms with Crippen LogP contribution < -0.4 is 5.32 Å². The van der Waals surface area contributed by atoms with E-state index in [1.807, 2.05) is 45.0 Å². The summed E-state index contributed by atoms with van der Waals surface area (Å²) in [5.41, 5.74) is 2.35. The van der Waals surface area contributed by atoms with Crippen molar-refractivity contribution in [1.29, 1.82) is 0 Å². The molecule has 0 radical (unpaired) electrons. The highest BCUT2D eigenvalue weighted by molar-refractivity contribution is 7.14. The third-order valence-corrected chi connectivity index (χ3v) is 4.78. The third-order valence-electron chi connectivity index (χ3n) is 3.63. The fraction of sp³-hybridized carbons (Fsp3) is 0.389. The number of carbonyl (C=O) groups is 1. The van der Waals surface area contributed by atoms with Gasteiger partial charge in [0.05, 0.1) is 11.0 Å². The lowest BCUT2D eigenvalue weighted by atomic mass is 10.1. The highest BCUT2D eigenvalue weighted by Crippen LogP contribution is 2.20. The maximum Gasteiger partial charge on any atom is 0.261 e. The van der Waals surface area contributed by atoms with Gasteiger partial charge in [0.25, 0.3) is 5.91 Å². The quantitative estimate of drug-likeness (QED) is 0.775. The first-order chi connectivity index (χ1) is 10.6. The van der Waals surface area contributed by atoms with Gasteiger partial charge in [-0.3, -0.25) is 4.79 Å². The molecule has 2 aromatic rings. The molecule has 2 rings (SSSR count). The molecule has 1 atom stereocenters. The molecule has 4 heteroatoms. The summed E-state index contributed by atoms with van der Waals surface area (Å²) in [6.07, 6.45) is 0.895. The zero-order valence-electron chi connectivity index (χ0n) is 13.4. The second-order valence-electron chi connectivity index (χ2n) is 5.38. The number of carbonyl (C=O) groups excluding carboxylic acids is 1. The second-order valence-corrected chi connectivity index (χ2v) is 6.64. The van der Waals surface area contributed by atoms with Gasteiger partial charge in [-0.25, -0.2) is 0 Å². The molecule has 0 fully saturated rings. The van der Waals surface area contributed by atoms with E-state index in [-0.39, 0.29) is 12.0 Å². The highest BCUT2D eigenvalue weighted by atomic mass is 32.1. The molecule has 0 bridgehead atoms. The van der Waals surface area contributed by atoms with Crippen LogP contribution in [-0.2, 0) is 4.74 Å². The number of hydrogen-bond donors (Lipinski definition) is 1. The van der Waals surface area contributed by atoms with E-state index in [1.165, 1.54) is 16.0 Å². The molecule has 1 N–H and O–H groups in total. The molecular formula is C18H23NO2S. The first-order valence-corrected chi connectivity index (χ1v) is 8.41. The number of hydrogen-bond acceptors (Lipinski definition) is 3. The highest BCUT2D eigenvalue weighted by Gasteiger charge is 2.10. The smallest absolute Gasteiger partial charge is 0.261 e. The number of ether oxygens (including phenoxy) is 1. The topological polar surface area (TPSA) is 38.3 Å². The zero-order chi connectivity index (χ0) is 15.9. The van der Waals surface area contributed by atoms with Crippen LogP contribution in [0.3, 0.4) is 0 Å². The zero-order valence-corrected chi connectivity index (χ0v) is 14.2. The molecule has 1 heterocycles. The van der Waals surface area contributed by atoms with Crippen molar-refractivity contribution in [1.82, 2.24) is 5.32 Å². The van der Waals surface area contributed by atoms with Crippen LogP contribution >= 0.6 is 11.3 Å². The first-order valence-electron chi connectivity index (χ1n) is 7.59. The molecule has 118 valence electrons. The van der Waals surface area contributed by atoms with Gasteiger partial charge in [0.2, 0.25) is 0 Å². The van der Waals surface area contributed by atoms with Crippen molar-refractivity contribution in [3.05, 3.63) is 57.3 Å². The Morgan fingerprint density at radius 3 is 2.64 bits per heavy atom. The molecule has 3 nitrogen and oxygen atoms in total. The van der Waals surface area contributed by atoms with Crippen LogP contribution in [0.25, 0.3) is 0 Å². The number of aryl methyl sites for hydroxylation is 2. The van der Waals surface area contributed by atoms with E-state index in [2.05, 4.69) is 17.4 Å². The summed E-state index contributed by atoms with van der Waals surface area (Å²) in [5, 5.41) is 2.94. The van der Waals surface area contributed by atoms with Gasteiger partial charge in [-0.05, 0) is 44.4 Å². The largest absolute Gasteiger partial charge is 0.374 e. The van der Waals surface area contributed by atoms with Gasteiger partial charge in [-0.1, -0.05) is 30.3 Å². The van der Waals surface area contributed by atoms with Crippen LogP contribution in [0.1, 0.15) is 45.1 Å². The Morgan fingerprint density at radius 2 is 2.00 bits per heavy atom. The fourth-order valence-corrected chi connectivity index (χ4v) is 3.08. The molecule has 0 aliphatic carbocycles. The Bertz CT molecular complexity index is 587. The van der Waals surface area contributed by atoms with Crippen molar-refractivity contribution in [2.45, 2.75) is 33.3 Å². The monoisotopic (exact) mass is 317 g/mol. The van der Waals surface area contributed by atoms with Gasteiger partial charge in [0.15, 0.2) is 0 Å². The van der Waals surface area contributed by atoms with Crippen LogP contribution in [-0.4, -0.2) is 19.1 Å². The first kappa shape index (κ1) is 16.7. The maximum absolute atomic E-state index is 12.0. The number of nitrogens with one attached hydrogen (secondary N) is 1. The third kappa shape index (κ3) is 4.68. The van der Waals surface area contributed by atoms with Crippen LogP contribution in [0.4, 0.5) is 0 Å². The van der Waals surface area contributed by atoms with Crippen molar-refractivity contribution in [2.75, 3.05) is 13.2 Å². The standard InChI is InChI=1S/C18H23NO2S/c1-13-12-17(22-15(13)3)18(20)19-10-7-11-21-14(2)16-8-5-4-6-9-16/h4-6,8-9,12,14H,7,10-11H2,1-3H3,(H,19,20). The van der Waals surface area contributed by atoms with Gasteiger partial charge >= 0.3 is 0 Å². The molecule has 1 amide bonds. The minimum Gasteiger partial charge on any atom is -0.374 e. The summed E-state index contributed by atoms with van der Waals surface area (Å²) in [7, 11) is 0. The SMILES string of the molecule is Cc1cc(C(=O)NCCCOC(C)c2ccccc2)sc1C. The average molecular weight is 317 g/mol. The normalized spacial score (nSPS) is 12.1. The molecule has 0 spiro atoms. The molecule has 0 saturated heterocycles. The summed E-state index contributed by atoms with van der Waals surface area (Å²) in [6, 6.07) is 12.1. The molecule has 0 aliphatic heterocycles. The van der Waals surface area contributed by atoms with Crippen molar-refractivity contribution in [2.24, 2.45) is 0 Å². The van der Waals surface area contributed by atoms with Crippen molar-refractivity contribution >= 4 is 17.2 Å². The molecule has 1 aromatic carbocycles. The van der Waals surface area contributed by atoms with E-state index in [0.29, 0.717) is 13.2 Å². The van der Waals surface area contributed by atoms with Crippen molar-refractivity contribution in [3.63, 3.8) is 0 Å². The van der Waals surface area contributed by atoms with Crippen molar-refractivity contribution < 1.29 is 9.53 Å². The van der Waals surface area contributed by atoms with Crippen molar-refractivity contribution in [3.8, 4) is 0 Å². The molecular weight excluding hydrogens is 294 g/mol. The Kier molecular flexibility index (Phi) is 6.16. The Labute approximate surface area is 136 Å². The Morgan fingerprint density at radius 1 is 1.27 bits per heavy atom. The summed E-state index contributed by atoms with van der Waals surface area (Å²) in [5.74, 6) is 0.0114. The van der Waals surface area contributed by atoms with E-state index in [1.54, 1.807) is 11.3 Å². The lowest BCUT2D eigenvalue weighted by Gasteiger charge is -2.13. The van der Waals surface area contributed by atoms with Crippen LogP contribution in [0.2, 0.25) is 0 Å². The molecule has 22 heavy (non-hydrogen) atoms. The summed E-state index contributed by atoms with van der Waals surface area (Å²) < 4.78 is 5.79. The van der Waals surface area contributed by atoms with Gasteiger partial charge in [0, 0.05) is 18.0 Å². The van der Waals surface area contributed by atoms with Crippen LogP contribution in [0.15, 0.2) is 36.4 Å². The van der Waals surface area contributed by atoms with Gasteiger partial charge in [-0.2, -0.15) is 0 Å². The predicted molar refractivity (Wildman–Crippen MR) is 91.6 cm³/mol. The van der Waals surface area contributed by atoms with Gasteiger partial charge in [0.1, 0.15) is 0 Å². The Balaban J connectivity index is 1.66. The molecule has 0 aliphatic rings. The van der Waals surface area contributed by atoms with Crippen LogP contribution in [0, 0.1) is 13.8 Å². The van der Waals surface area contributed by atoms with Gasteiger partial charge in [-0.15, -0.1) is 11.3 Å². The molecule has 1 unspecified atom stereocenters. The minimum atomic E-state index is 0.0114. The maximum atomic E-state index is 12.0. The fourth-order valence-electron chi connectivity index (χ4n) is 2.13.